The number of benzene rings is 1. The zero-order valence-electron chi connectivity index (χ0n) is 12.6. The molecule has 6 nitrogen and oxygen atoms in total. The third kappa shape index (κ3) is 3.07. The number of fused-ring (bicyclic) bond motifs is 2. The molecule has 0 unspecified atom stereocenters. The van der Waals surface area contributed by atoms with Gasteiger partial charge in [-0.25, -0.2) is 9.97 Å². The number of amides is 1. The molecule has 1 aliphatic carbocycles. The number of aryl methyl sites for hydroxylation is 1. The Morgan fingerprint density at radius 3 is 3.00 bits per heavy atom. The van der Waals surface area contributed by atoms with Crippen molar-refractivity contribution in [3.8, 4) is 0 Å². The van der Waals surface area contributed by atoms with Crippen LogP contribution in [0.4, 0.5) is 5.13 Å². The van der Waals surface area contributed by atoms with Gasteiger partial charge < -0.3 is 9.73 Å². The minimum atomic E-state index is -0.194. The molecule has 1 amide bonds. The fourth-order valence-electron chi connectivity index (χ4n) is 2.52. The van der Waals surface area contributed by atoms with E-state index in [0.29, 0.717) is 27.2 Å². The van der Waals surface area contributed by atoms with Crippen molar-refractivity contribution in [2.45, 2.75) is 24.5 Å². The summed E-state index contributed by atoms with van der Waals surface area (Å²) in [5.74, 6) is 0.0984. The molecule has 24 heavy (non-hydrogen) atoms. The Balaban J connectivity index is 1.39. The van der Waals surface area contributed by atoms with E-state index in [2.05, 4.69) is 15.3 Å². The Hall–Kier alpha value is -2.19. The zero-order chi connectivity index (χ0) is 16.5. The number of carbonyl (C=O) groups is 2. The third-order valence-electron chi connectivity index (χ3n) is 3.62. The summed E-state index contributed by atoms with van der Waals surface area (Å²) < 4.78 is 5.56. The number of thiazole rings is 1. The fourth-order valence-corrected chi connectivity index (χ4v) is 4.15. The molecular weight excluding hydrogens is 346 g/mol. The number of nitrogens with zero attached hydrogens (tertiary/aromatic N) is 2. The van der Waals surface area contributed by atoms with Crippen molar-refractivity contribution in [3.05, 3.63) is 34.8 Å². The lowest BCUT2D eigenvalue weighted by Gasteiger charge is -2.05. The lowest BCUT2D eigenvalue weighted by atomic mass is 10.0. The molecule has 8 heteroatoms. The largest absolute Gasteiger partial charge is 0.431 e. The SMILES string of the molecule is O=C(CSc1nc2ccccc2o1)Nc1nc2c(s1)C(=O)CCC2. The Kier molecular flexibility index (Phi) is 4.07. The molecule has 2 aromatic heterocycles. The predicted molar refractivity (Wildman–Crippen MR) is 92.7 cm³/mol. The minimum Gasteiger partial charge on any atom is -0.431 e. The first-order valence-corrected chi connectivity index (χ1v) is 9.30. The van der Waals surface area contributed by atoms with E-state index >= 15 is 0 Å². The first-order chi connectivity index (χ1) is 11.7. The second kappa shape index (κ2) is 6.37. The topological polar surface area (TPSA) is 85.1 Å². The second-order valence-electron chi connectivity index (χ2n) is 5.36. The number of ketones is 1. The number of anilines is 1. The van der Waals surface area contributed by atoms with Crippen LogP contribution in [0.25, 0.3) is 11.1 Å². The molecule has 0 fully saturated rings. The highest BCUT2D eigenvalue weighted by atomic mass is 32.2. The number of nitrogens with one attached hydrogen (secondary N) is 1. The summed E-state index contributed by atoms with van der Waals surface area (Å²) in [4.78, 5) is 33.2. The summed E-state index contributed by atoms with van der Waals surface area (Å²) in [6, 6.07) is 7.46. The molecule has 0 spiro atoms. The van der Waals surface area contributed by atoms with Gasteiger partial charge in [0.25, 0.3) is 5.22 Å². The van der Waals surface area contributed by atoms with Crippen molar-refractivity contribution in [2.24, 2.45) is 0 Å². The predicted octanol–water partition coefficient (Wildman–Crippen LogP) is 3.53. The van der Waals surface area contributed by atoms with Crippen molar-refractivity contribution in [3.63, 3.8) is 0 Å². The van der Waals surface area contributed by atoms with Gasteiger partial charge in [-0.05, 0) is 25.0 Å². The maximum absolute atomic E-state index is 12.1. The van der Waals surface area contributed by atoms with Crippen LogP contribution in [0, 0.1) is 0 Å². The van der Waals surface area contributed by atoms with Gasteiger partial charge in [0.1, 0.15) is 5.52 Å². The van der Waals surface area contributed by atoms with Crippen LogP contribution >= 0.6 is 23.1 Å². The molecule has 0 radical (unpaired) electrons. The van der Waals surface area contributed by atoms with Gasteiger partial charge in [0.2, 0.25) is 5.91 Å². The number of hydrogen-bond donors (Lipinski definition) is 1. The average molecular weight is 359 g/mol. The molecule has 1 N–H and O–H groups in total. The molecule has 3 aromatic rings. The highest BCUT2D eigenvalue weighted by Gasteiger charge is 2.22. The zero-order valence-corrected chi connectivity index (χ0v) is 14.2. The molecule has 4 rings (SSSR count). The highest BCUT2D eigenvalue weighted by molar-refractivity contribution is 7.99. The normalized spacial score (nSPS) is 13.9. The lowest BCUT2D eigenvalue weighted by molar-refractivity contribution is -0.113. The van der Waals surface area contributed by atoms with Crippen molar-refractivity contribution < 1.29 is 14.0 Å². The number of rotatable bonds is 4. The Morgan fingerprint density at radius 2 is 2.17 bits per heavy atom. The molecule has 1 aromatic carbocycles. The first kappa shape index (κ1) is 15.3. The van der Waals surface area contributed by atoms with E-state index in [4.69, 9.17) is 4.42 Å². The van der Waals surface area contributed by atoms with Crippen molar-refractivity contribution in [2.75, 3.05) is 11.1 Å². The van der Waals surface area contributed by atoms with Gasteiger partial charge in [-0.3, -0.25) is 9.59 Å². The second-order valence-corrected chi connectivity index (χ2v) is 7.28. The third-order valence-corrected chi connectivity index (χ3v) is 5.50. The van der Waals surface area contributed by atoms with Crippen LogP contribution in [0.15, 0.2) is 33.9 Å². The minimum absolute atomic E-state index is 0.120. The van der Waals surface area contributed by atoms with E-state index in [9.17, 15) is 9.59 Å². The van der Waals surface area contributed by atoms with Crippen molar-refractivity contribution in [1.29, 1.82) is 0 Å². The van der Waals surface area contributed by atoms with Gasteiger partial charge in [-0.15, -0.1) is 0 Å². The smallest absolute Gasteiger partial charge is 0.257 e. The van der Waals surface area contributed by atoms with Gasteiger partial charge in [0.05, 0.1) is 16.3 Å². The Labute approximate surface area is 145 Å². The van der Waals surface area contributed by atoms with E-state index in [1.54, 1.807) is 0 Å². The van der Waals surface area contributed by atoms with Gasteiger partial charge >= 0.3 is 0 Å². The van der Waals surface area contributed by atoms with Crippen LogP contribution in [0.5, 0.6) is 0 Å². The van der Waals surface area contributed by atoms with E-state index in [1.807, 2.05) is 24.3 Å². The monoisotopic (exact) mass is 359 g/mol. The number of aromatic nitrogens is 2. The molecule has 0 atom stereocenters. The van der Waals surface area contributed by atoms with Gasteiger partial charge in [0.15, 0.2) is 16.5 Å². The number of hydrogen-bond acceptors (Lipinski definition) is 7. The molecule has 122 valence electrons. The summed E-state index contributed by atoms with van der Waals surface area (Å²) in [5.41, 5.74) is 2.27. The Morgan fingerprint density at radius 1 is 1.29 bits per heavy atom. The van der Waals surface area contributed by atoms with Crippen LogP contribution in [-0.2, 0) is 11.2 Å². The van der Waals surface area contributed by atoms with Crippen LogP contribution in [-0.4, -0.2) is 27.4 Å². The maximum Gasteiger partial charge on any atom is 0.257 e. The maximum atomic E-state index is 12.1. The number of para-hydroxylation sites is 2. The number of carbonyl (C=O) groups excluding carboxylic acids is 2. The van der Waals surface area contributed by atoms with Crippen LogP contribution in [0.2, 0.25) is 0 Å². The number of thioether (sulfide) groups is 1. The molecule has 0 saturated heterocycles. The molecule has 2 heterocycles. The molecular formula is C16H13N3O3S2. The summed E-state index contributed by atoms with van der Waals surface area (Å²) in [6.07, 6.45) is 2.19. The number of oxazole rings is 1. The summed E-state index contributed by atoms with van der Waals surface area (Å²) >= 11 is 2.49. The van der Waals surface area contributed by atoms with Crippen molar-refractivity contribution >= 4 is 51.0 Å². The fraction of sp³-hybridized carbons (Fsp3) is 0.250. The molecule has 0 saturated carbocycles. The van der Waals surface area contributed by atoms with Gasteiger partial charge in [-0.2, -0.15) is 0 Å². The van der Waals surface area contributed by atoms with E-state index in [1.165, 1.54) is 23.1 Å². The number of Topliss-reactive ketones (excluding diaryl/α,β-unsaturated/α-hetero) is 1. The van der Waals surface area contributed by atoms with Gasteiger partial charge in [-0.1, -0.05) is 35.2 Å². The van der Waals surface area contributed by atoms with E-state index in [0.717, 1.165) is 24.1 Å². The van der Waals surface area contributed by atoms with Crippen LogP contribution < -0.4 is 5.32 Å². The quantitative estimate of drug-likeness (QED) is 0.717. The first-order valence-electron chi connectivity index (χ1n) is 7.50. The van der Waals surface area contributed by atoms with Crippen LogP contribution in [0.1, 0.15) is 28.2 Å². The van der Waals surface area contributed by atoms with Crippen LogP contribution in [0.3, 0.4) is 0 Å². The van der Waals surface area contributed by atoms with E-state index < -0.39 is 0 Å². The molecule has 0 bridgehead atoms. The van der Waals surface area contributed by atoms with Crippen molar-refractivity contribution in [1.82, 2.24) is 9.97 Å². The Bertz CT molecular complexity index is 899. The summed E-state index contributed by atoms with van der Waals surface area (Å²) in [7, 11) is 0. The van der Waals surface area contributed by atoms with E-state index in [-0.39, 0.29) is 17.4 Å². The summed E-state index contributed by atoms with van der Waals surface area (Å²) in [6.45, 7) is 0. The molecule has 1 aliphatic rings. The highest BCUT2D eigenvalue weighted by Crippen LogP contribution is 2.30. The average Bonchev–Trinajstić information content (AvgIpc) is 3.16. The lowest BCUT2D eigenvalue weighted by Crippen LogP contribution is -2.13. The molecule has 0 aliphatic heterocycles. The van der Waals surface area contributed by atoms with Gasteiger partial charge in [0, 0.05) is 6.42 Å². The standard InChI is InChI=1S/C16H13N3O3S2/c20-11-6-3-5-10-14(11)24-15(17-10)19-13(21)8-23-16-18-9-4-1-2-7-12(9)22-16/h1-2,4,7H,3,5-6,8H2,(H,17,19,21). The summed E-state index contributed by atoms with van der Waals surface area (Å²) in [5, 5.41) is 3.69.